The third kappa shape index (κ3) is 2.86. The van der Waals surface area contributed by atoms with Gasteiger partial charge in [0.25, 0.3) is 0 Å². The maximum Gasteiger partial charge on any atom is 0.163 e. The fraction of sp³-hybridized carbons (Fsp3) is 0.529. The molecule has 114 valence electrons. The molecule has 1 aromatic carbocycles. The lowest BCUT2D eigenvalue weighted by atomic mass is 10.1. The van der Waals surface area contributed by atoms with Gasteiger partial charge in [0.1, 0.15) is 13.2 Å². The second-order valence-corrected chi connectivity index (χ2v) is 5.61. The quantitative estimate of drug-likeness (QED) is 0.888. The molecular formula is C17H24N2O2. The van der Waals surface area contributed by atoms with Gasteiger partial charge in [-0.05, 0) is 37.4 Å². The van der Waals surface area contributed by atoms with Gasteiger partial charge in [-0.1, -0.05) is 13.3 Å². The molecule has 0 fully saturated rings. The average molecular weight is 288 g/mol. The molecule has 0 bridgehead atoms. The molecule has 3 rings (SSSR count). The van der Waals surface area contributed by atoms with Crippen molar-refractivity contribution in [1.82, 2.24) is 4.57 Å². The number of fused-ring (bicyclic) bond motifs is 2. The Hall–Kier alpha value is -1.68. The van der Waals surface area contributed by atoms with E-state index in [0.29, 0.717) is 19.8 Å². The van der Waals surface area contributed by atoms with Gasteiger partial charge in [-0.3, -0.25) is 0 Å². The van der Waals surface area contributed by atoms with Crippen molar-refractivity contribution in [3.8, 4) is 11.5 Å². The van der Waals surface area contributed by atoms with Crippen LogP contribution in [0.3, 0.4) is 0 Å². The van der Waals surface area contributed by atoms with Crippen LogP contribution in [-0.2, 0) is 13.0 Å². The van der Waals surface area contributed by atoms with Gasteiger partial charge in [0, 0.05) is 24.2 Å². The van der Waals surface area contributed by atoms with Crippen LogP contribution in [0.1, 0.15) is 31.7 Å². The highest BCUT2D eigenvalue weighted by atomic mass is 16.6. The summed E-state index contributed by atoms with van der Waals surface area (Å²) in [5, 5.41) is 1.30. The smallest absolute Gasteiger partial charge is 0.163 e. The lowest BCUT2D eigenvalue weighted by Gasteiger charge is -2.18. The predicted octanol–water partition coefficient (Wildman–Crippen LogP) is 3.10. The minimum atomic E-state index is 0.630. The molecule has 0 radical (unpaired) electrons. The van der Waals surface area contributed by atoms with Crippen LogP contribution >= 0.6 is 0 Å². The molecule has 2 N–H and O–H groups in total. The Morgan fingerprint density at radius 3 is 2.62 bits per heavy atom. The lowest BCUT2D eigenvalue weighted by molar-refractivity contribution is 0.172. The highest BCUT2D eigenvalue weighted by Crippen LogP contribution is 2.37. The first-order chi connectivity index (χ1) is 10.3. The molecule has 2 heterocycles. The maximum absolute atomic E-state index is 5.73. The van der Waals surface area contributed by atoms with Crippen LogP contribution in [0.2, 0.25) is 0 Å². The first kappa shape index (κ1) is 14.3. The summed E-state index contributed by atoms with van der Waals surface area (Å²) >= 11 is 0. The van der Waals surface area contributed by atoms with E-state index in [1.165, 1.54) is 29.3 Å². The highest BCUT2D eigenvalue weighted by Gasteiger charge is 2.17. The first-order valence-corrected chi connectivity index (χ1v) is 7.95. The van der Waals surface area contributed by atoms with Crippen LogP contribution < -0.4 is 15.2 Å². The van der Waals surface area contributed by atoms with E-state index in [2.05, 4.69) is 29.8 Å². The monoisotopic (exact) mass is 288 g/mol. The average Bonchev–Trinajstić information content (AvgIpc) is 2.86. The molecule has 2 aromatic rings. The third-order valence-corrected chi connectivity index (χ3v) is 4.03. The molecule has 1 aliphatic heterocycles. The number of nitrogens with two attached hydrogens (primary N) is 1. The number of benzene rings is 1. The van der Waals surface area contributed by atoms with Crippen molar-refractivity contribution < 1.29 is 9.47 Å². The van der Waals surface area contributed by atoms with E-state index in [-0.39, 0.29) is 0 Å². The predicted molar refractivity (Wildman–Crippen MR) is 85.2 cm³/mol. The van der Waals surface area contributed by atoms with Crippen LogP contribution in [0.4, 0.5) is 0 Å². The zero-order valence-electron chi connectivity index (χ0n) is 12.7. The van der Waals surface area contributed by atoms with Crippen molar-refractivity contribution in [2.75, 3.05) is 19.8 Å². The summed E-state index contributed by atoms with van der Waals surface area (Å²) in [4.78, 5) is 0. The van der Waals surface area contributed by atoms with E-state index >= 15 is 0 Å². The Balaban J connectivity index is 2.04. The van der Waals surface area contributed by atoms with Gasteiger partial charge in [0.05, 0.1) is 5.52 Å². The molecular weight excluding hydrogens is 264 g/mol. The second-order valence-electron chi connectivity index (χ2n) is 5.61. The summed E-state index contributed by atoms with van der Waals surface area (Å²) in [5.74, 6) is 1.74. The Morgan fingerprint density at radius 1 is 1.14 bits per heavy atom. The van der Waals surface area contributed by atoms with Crippen molar-refractivity contribution in [3.63, 3.8) is 0 Å². The normalized spacial score (nSPS) is 13.8. The van der Waals surface area contributed by atoms with E-state index in [0.717, 1.165) is 30.9 Å². The molecule has 0 atom stereocenters. The fourth-order valence-electron chi connectivity index (χ4n) is 2.91. The number of unbranched alkanes of at least 4 members (excludes halogenated alkanes) is 1. The zero-order valence-corrected chi connectivity index (χ0v) is 12.7. The molecule has 4 nitrogen and oxygen atoms in total. The number of ether oxygens (including phenoxy) is 2. The number of aryl methyl sites for hydroxylation is 2. The topological polar surface area (TPSA) is 49.4 Å². The van der Waals surface area contributed by atoms with E-state index in [4.69, 9.17) is 15.2 Å². The standard InChI is InChI=1S/C17H24N2O2/c1-2-3-5-13-12-19(7-4-6-18)15-11-17-16(10-14(13)15)20-8-9-21-17/h10-12H,2-9,18H2,1H3. The second kappa shape index (κ2) is 6.39. The van der Waals surface area contributed by atoms with E-state index < -0.39 is 0 Å². The zero-order chi connectivity index (χ0) is 14.7. The molecule has 21 heavy (non-hydrogen) atoms. The van der Waals surface area contributed by atoms with Gasteiger partial charge in [-0.25, -0.2) is 0 Å². The molecule has 1 aromatic heterocycles. The summed E-state index contributed by atoms with van der Waals surface area (Å²) in [6, 6.07) is 4.27. The molecule has 0 saturated heterocycles. The van der Waals surface area contributed by atoms with Gasteiger partial charge in [-0.15, -0.1) is 0 Å². The first-order valence-electron chi connectivity index (χ1n) is 7.95. The van der Waals surface area contributed by atoms with Crippen molar-refractivity contribution in [1.29, 1.82) is 0 Å². The Bertz CT molecular complexity index is 567. The number of hydrogen-bond donors (Lipinski definition) is 1. The lowest BCUT2D eigenvalue weighted by Crippen LogP contribution is -2.15. The summed E-state index contributed by atoms with van der Waals surface area (Å²) in [6.45, 7) is 5.17. The highest BCUT2D eigenvalue weighted by molar-refractivity contribution is 5.87. The van der Waals surface area contributed by atoms with Crippen molar-refractivity contribution in [2.45, 2.75) is 39.2 Å². The SMILES string of the molecule is CCCCc1cn(CCCN)c2cc3c(cc12)OCCO3. The van der Waals surface area contributed by atoms with Crippen LogP contribution in [0.5, 0.6) is 11.5 Å². The summed E-state index contributed by atoms with van der Waals surface area (Å²) in [6.07, 6.45) is 6.81. The van der Waals surface area contributed by atoms with E-state index in [1.54, 1.807) is 0 Å². The fourth-order valence-corrected chi connectivity index (χ4v) is 2.91. The molecule has 0 amide bonds. The maximum atomic E-state index is 5.73. The van der Waals surface area contributed by atoms with Gasteiger partial charge in [-0.2, -0.15) is 0 Å². The minimum Gasteiger partial charge on any atom is -0.486 e. The molecule has 0 spiro atoms. The van der Waals surface area contributed by atoms with Gasteiger partial charge in [0.15, 0.2) is 11.5 Å². The number of nitrogens with zero attached hydrogens (tertiary/aromatic N) is 1. The van der Waals surface area contributed by atoms with Crippen LogP contribution in [0.15, 0.2) is 18.3 Å². The summed E-state index contributed by atoms with van der Waals surface area (Å²) in [7, 11) is 0. The Kier molecular flexibility index (Phi) is 4.34. The van der Waals surface area contributed by atoms with Gasteiger partial charge < -0.3 is 19.8 Å². The molecule has 1 aliphatic rings. The van der Waals surface area contributed by atoms with Gasteiger partial charge in [0.2, 0.25) is 0 Å². The summed E-state index contributed by atoms with van der Waals surface area (Å²) in [5.41, 5.74) is 8.30. The molecule has 0 unspecified atom stereocenters. The van der Waals surface area contributed by atoms with Crippen molar-refractivity contribution in [3.05, 3.63) is 23.9 Å². The number of aromatic nitrogens is 1. The van der Waals surface area contributed by atoms with Crippen LogP contribution in [0.25, 0.3) is 10.9 Å². The Labute approximate surface area is 125 Å². The molecule has 0 saturated carbocycles. The number of hydrogen-bond acceptors (Lipinski definition) is 3. The third-order valence-electron chi connectivity index (χ3n) is 4.03. The van der Waals surface area contributed by atoms with Crippen molar-refractivity contribution in [2.24, 2.45) is 5.73 Å². The largest absolute Gasteiger partial charge is 0.486 e. The van der Waals surface area contributed by atoms with Gasteiger partial charge >= 0.3 is 0 Å². The Morgan fingerprint density at radius 2 is 1.90 bits per heavy atom. The van der Waals surface area contributed by atoms with Crippen molar-refractivity contribution >= 4 is 10.9 Å². The minimum absolute atomic E-state index is 0.630. The molecule has 0 aliphatic carbocycles. The molecule has 4 heteroatoms. The number of rotatable bonds is 6. The van der Waals surface area contributed by atoms with Crippen LogP contribution in [0, 0.1) is 0 Å². The van der Waals surface area contributed by atoms with Crippen LogP contribution in [-0.4, -0.2) is 24.3 Å². The van der Waals surface area contributed by atoms with E-state index in [1.807, 2.05) is 0 Å². The summed E-state index contributed by atoms with van der Waals surface area (Å²) < 4.78 is 13.8. The van der Waals surface area contributed by atoms with E-state index in [9.17, 15) is 0 Å².